The Morgan fingerprint density at radius 2 is 1.74 bits per heavy atom. The van der Waals surface area contributed by atoms with Crippen LogP contribution in [0.25, 0.3) is 10.9 Å². The van der Waals surface area contributed by atoms with Gasteiger partial charge < -0.3 is 16.0 Å². The number of carbonyl (C=O) groups excluding carboxylic acids is 1. The molecule has 1 aromatic heterocycles. The molecule has 3 N–H and O–H groups in total. The van der Waals surface area contributed by atoms with E-state index in [9.17, 15) is 4.79 Å². The van der Waals surface area contributed by atoms with Crippen LogP contribution in [0.1, 0.15) is 78.1 Å². The number of pyridine rings is 1. The lowest BCUT2D eigenvalue weighted by molar-refractivity contribution is -0.124. The first-order valence-electron chi connectivity index (χ1n) is 14.1. The molecule has 0 saturated heterocycles. The quantitative estimate of drug-likeness (QED) is 0.296. The van der Waals surface area contributed by atoms with E-state index in [0.29, 0.717) is 12.3 Å². The molecule has 5 nitrogen and oxygen atoms in total. The smallest absolute Gasteiger partial charge is 0.224 e. The van der Waals surface area contributed by atoms with E-state index in [1.54, 1.807) is 0 Å². The average Bonchev–Trinajstić information content (AvgIpc) is 2.82. The predicted molar refractivity (Wildman–Crippen MR) is 145 cm³/mol. The zero-order valence-electron chi connectivity index (χ0n) is 21.6. The van der Waals surface area contributed by atoms with E-state index >= 15 is 0 Å². The summed E-state index contributed by atoms with van der Waals surface area (Å²) in [6.45, 7) is 8.56. The molecule has 0 spiro atoms. The topological polar surface area (TPSA) is 66.0 Å². The number of carbonyl (C=O) groups is 1. The summed E-state index contributed by atoms with van der Waals surface area (Å²) in [4.78, 5) is 18.0. The van der Waals surface area contributed by atoms with Crippen LogP contribution in [0.3, 0.4) is 0 Å². The van der Waals surface area contributed by atoms with Crippen LogP contribution in [0.4, 0.5) is 11.5 Å². The van der Waals surface area contributed by atoms with Gasteiger partial charge in [-0.25, -0.2) is 4.98 Å². The molecule has 35 heavy (non-hydrogen) atoms. The van der Waals surface area contributed by atoms with Crippen LogP contribution in [0.15, 0.2) is 30.3 Å². The average molecular weight is 476 g/mol. The number of fused-ring (bicyclic) bond motifs is 1. The van der Waals surface area contributed by atoms with Gasteiger partial charge in [0.25, 0.3) is 0 Å². The van der Waals surface area contributed by atoms with Crippen molar-refractivity contribution in [1.82, 2.24) is 10.3 Å². The number of hydrogen-bond acceptors (Lipinski definition) is 4. The fourth-order valence-electron chi connectivity index (χ4n) is 7.59. The Hall–Kier alpha value is -2.14. The van der Waals surface area contributed by atoms with Crippen molar-refractivity contribution in [3.63, 3.8) is 0 Å². The standard InChI is InChI=1S/C30H43N4O/c1-3-21(4-2)20-31-11-6-12-32-28-10-9-25-26(33-28)7-5-8-27(25)34-29(35)19-30-16-22-13-23(17-30)15-24(14-22)18-30/h5,7-10,20-24,31H,3-4,6,11-19H2,1-2H3,(H,32,33)(H,34,35). The zero-order valence-corrected chi connectivity index (χ0v) is 21.6. The molecular formula is C30H43N4O. The van der Waals surface area contributed by atoms with Crippen LogP contribution >= 0.6 is 0 Å². The van der Waals surface area contributed by atoms with Crippen LogP contribution < -0.4 is 16.0 Å². The molecule has 6 rings (SSSR count). The first kappa shape index (κ1) is 24.5. The summed E-state index contributed by atoms with van der Waals surface area (Å²) in [6.07, 6.45) is 12.1. The Balaban J connectivity index is 1.14. The Morgan fingerprint density at radius 3 is 2.43 bits per heavy atom. The number of aromatic nitrogens is 1. The summed E-state index contributed by atoms with van der Waals surface area (Å²) in [6, 6.07) is 10.2. The van der Waals surface area contributed by atoms with Gasteiger partial charge in [0.2, 0.25) is 5.91 Å². The van der Waals surface area contributed by atoms with E-state index in [0.717, 1.165) is 59.7 Å². The van der Waals surface area contributed by atoms with Crippen molar-refractivity contribution in [1.29, 1.82) is 0 Å². The van der Waals surface area contributed by atoms with Crippen LogP contribution in [-0.2, 0) is 4.79 Å². The predicted octanol–water partition coefficient (Wildman–Crippen LogP) is 6.77. The summed E-state index contributed by atoms with van der Waals surface area (Å²) in [5, 5.41) is 11.2. The maximum atomic E-state index is 13.2. The molecule has 4 bridgehead atoms. The van der Waals surface area contributed by atoms with Crippen molar-refractivity contribution in [3.8, 4) is 0 Å². The molecule has 4 fully saturated rings. The molecule has 1 radical (unpaired) electrons. The van der Waals surface area contributed by atoms with Gasteiger partial charge in [0, 0.05) is 24.9 Å². The molecule has 4 saturated carbocycles. The second kappa shape index (κ2) is 10.9. The van der Waals surface area contributed by atoms with Gasteiger partial charge in [-0.15, -0.1) is 0 Å². The van der Waals surface area contributed by atoms with Gasteiger partial charge in [-0.05, 0) is 105 Å². The van der Waals surface area contributed by atoms with Crippen molar-refractivity contribution >= 4 is 28.3 Å². The lowest BCUT2D eigenvalue weighted by Gasteiger charge is -2.56. The van der Waals surface area contributed by atoms with Gasteiger partial charge in [-0.2, -0.15) is 0 Å². The SMILES string of the molecule is CCC([CH]NCCCNc1ccc2c(NC(=O)CC34CC5CC(CC(C5)C3)C4)cccc2n1)CC. The first-order valence-corrected chi connectivity index (χ1v) is 14.1. The maximum Gasteiger partial charge on any atom is 0.224 e. The second-order valence-corrected chi connectivity index (χ2v) is 11.7. The molecule has 4 aliphatic rings. The molecule has 5 heteroatoms. The number of amides is 1. The molecular weight excluding hydrogens is 432 g/mol. The van der Waals surface area contributed by atoms with Crippen LogP contribution in [-0.4, -0.2) is 24.0 Å². The number of nitrogens with one attached hydrogen (secondary N) is 3. The fraction of sp³-hybridized carbons (Fsp3) is 0.633. The van der Waals surface area contributed by atoms with Crippen molar-refractivity contribution in [2.45, 2.75) is 78.1 Å². The summed E-state index contributed by atoms with van der Waals surface area (Å²) < 4.78 is 0. The molecule has 1 aromatic carbocycles. The number of rotatable bonds is 12. The molecule has 2 aromatic rings. The first-order chi connectivity index (χ1) is 17.1. The van der Waals surface area contributed by atoms with Crippen molar-refractivity contribution in [2.24, 2.45) is 29.1 Å². The lowest BCUT2D eigenvalue weighted by Crippen LogP contribution is -2.47. The molecule has 1 heterocycles. The zero-order chi connectivity index (χ0) is 24.3. The van der Waals surface area contributed by atoms with Crippen molar-refractivity contribution in [3.05, 3.63) is 36.9 Å². The minimum absolute atomic E-state index is 0.180. The Bertz CT molecular complexity index is 979. The molecule has 189 valence electrons. The van der Waals surface area contributed by atoms with E-state index in [-0.39, 0.29) is 11.3 Å². The molecule has 4 aliphatic carbocycles. The van der Waals surface area contributed by atoms with Gasteiger partial charge >= 0.3 is 0 Å². The maximum absolute atomic E-state index is 13.2. The summed E-state index contributed by atoms with van der Waals surface area (Å²) in [5.74, 6) is 4.35. The largest absolute Gasteiger partial charge is 0.370 e. The Morgan fingerprint density at radius 1 is 1.03 bits per heavy atom. The van der Waals surface area contributed by atoms with E-state index in [4.69, 9.17) is 4.98 Å². The van der Waals surface area contributed by atoms with Gasteiger partial charge in [0.1, 0.15) is 5.82 Å². The highest BCUT2D eigenvalue weighted by atomic mass is 16.1. The molecule has 0 aliphatic heterocycles. The minimum atomic E-state index is 0.180. The normalized spacial score (nSPS) is 27.0. The van der Waals surface area contributed by atoms with Gasteiger partial charge in [0.05, 0.1) is 11.2 Å². The Kier molecular flexibility index (Phi) is 7.62. The third kappa shape index (κ3) is 5.82. The highest BCUT2D eigenvalue weighted by Crippen LogP contribution is 2.61. The molecule has 0 atom stereocenters. The number of nitrogens with zero attached hydrogens (tertiary/aromatic N) is 1. The van der Waals surface area contributed by atoms with Gasteiger partial charge in [-0.3, -0.25) is 4.79 Å². The van der Waals surface area contributed by atoms with E-state index in [1.165, 1.54) is 51.4 Å². The monoisotopic (exact) mass is 475 g/mol. The van der Waals surface area contributed by atoms with E-state index in [1.807, 2.05) is 24.3 Å². The van der Waals surface area contributed by atoms with E-state index in [2.05, 4.69) is 42.4 Å². The van der Waals surface area contributed by atoms with Crippen LogP contribution in [0, 0.1) is 35.6 Å². The molecule has 0 unspecified atom stereocenters. The van der Waals surface area contributed by atoms with Crippen LogP contribution in [0.5, 0.6) is 0 Å². The minimum Gasteiger partial charge on any atom is -0.370 e. The number of hydrogen-bond donors (Lipinski definition) is 3. The highest BCUT2D eigenvalue weighted by molar-refractivity contribution is 6.01. The third-order valence-corrected chi connectivity index (χ3v) is 8.91. The van der Waals surface area contributed by atoms with Crippen molar-refractivity contribution in [2.75, 3.05) is 23.7 Å². The fourth-order valence-corrected chi connectivity index (χ4v) is 7.59. The van der Waals surface area contributed by atoms with Gasteiger partial charge in [-0.1, -0.05) is 32.8 Å². The van der Waals surface area contributed by atoms with Crippen LogP contribution in [0.2, 0.25) is 0 Å². The highest BCUT2D eigenvalue weighted by Gasteiger charge is 2.51. The summed E-state index contributed by atoms with van der Waals surface area (Å²) in [7, 11) is 0. The number of anilines is 2. The molecule has 1 amide bonds. The van der Waals surface area contributed by atoms with Crippen molar-refractivity contribution < 1.29 is 4.79 Å². The summed E-state index contributed by atoms with van der Waals surface area (Å²) >= 11 is 0. The third-order valence-electron chi connectivity index (χ3n) is 8.91. The number of benzene rings is 1. The Labute approximate surface area is 211 Å². The summed E-state index contributed by atoms with van der Waals surface area (Å²) in [5.41, 5.74) is 2.07. The lowest BCUT2D eigenvalue weighted by atomic mass is 9.49. The van der Waals surface area contributed by atoms with E-state index < -0.39 is 0 Å². The second-order valence-electron chi connectivity index (χ2n) is 11.7. The van der Waals surface area contributed by atoms with Gasteiger partial charge in [0.15, 0.2) is 0 Å².